The van der Waals surface area contributed by atoms with Gasteiger partial charge in [-0.2, -0.15) is 0 Å². The Morgan fingerprint density at radius 2 is 1.44 bits per heavy atom. The summed E-state index contributed by atoms with van der Waals surface area (Å²) < 4.78 is 0. The zero-order valence-corrected chi connectivity index (χ0v) is 16.2. The van der Waals surface area contributed by atoms with Crippen LogP contribution in [0.25, 0.3) is 0 Å². The Hall–Kier alpha value is -1.80. The maximum Gasteiger partial charge on any atom is 0.161 e. The summed E-state index contributed by atoms with van der Waals surface area (Å²) in [6, 6.07) is 21.5. The first-order valence-electron chi connectivity index (χ1n) is 8.45. The monoisotopic (exact) mass is 380 g/mol. The number of hydrogen-bond acceptors (Lipinski definition) is 0. The molecule has 2 aliphatic rings. The van der Waals surface area contributed by atoms with Crippen LogP contribution in [0, 0.1) is 0 Å². The van der Waals surface area contributed by atoms with Gasteiger partial charge in [0.05, 0.1) is 0 Å². The molecule has 0 fully saturated rings. The smallest absolute Gasteiger partial charge is 0.0889 e. The van der Waals surface area contributed by atoms with Crippen LogP contribution in [-0.4, -0.2) is 8.07 Å². The highest BCUT2D eigenvalue weighted by atomic mass is 35.5. The highest BCUT2D eigenvalue weighted by molar-refractivity contribution is 7.10. The molecule has 0 aromatic heterocycles. The van der Waals surface area contributed by atoms with E-state index in [1.54, 1.807) is 0 Å². The number of allylic oxidation sites excluding steroid dienone is 8. The van der Waals surface area contributed by atoms with E-state index in [0.29, 0.717) is 0 Å². The molecule has 1 unspecified atom stereocenters. The molecule has 1 atom stereocenters. The number of benzene rings is 2. The van der Waals surface area contributed by atoms with Gasteiger partial charge in [-0.1, -0.05) is 108 Å². The minimum absolute atomic E-state index is 0.158. The third-order valence-corrected chi connectivity index (χ3v) is 11.4. The number of halogens is 2. The van der Waals surface area contributed by atoms with E-state index < -0.39 is 8.07 Å². The highest BCUT2D eigenvalue weighted by Crippen LogP contribution is 2.44. The van der Waals surface area contributed by atoms with E-state index in [9.17, 15) is 0 Å². The molecule has 0 aliphatic heterocycles. The van der Waals surface area contributed by atoms with Crippen LogP contribution in [0.3, 0.4) is 0 Å². The second-order valence-electron chi connectivity index (χ2n) is 6.38. The molecule has 0 saturated carbocycles. The normalized spacial score (nSPS) is 19.6. The lowest BCUT2D eigenvalue weighted by molar-refractivity contribution is 1.29. The fourth-order valence-corrected chi connectivity index (χ4v) is 10.5. The van der Waals surface area contributed by atoms with E-state index >= 15 is 0 Å². The van der Waals surface area contributed by atoms with Crippen molar-refractivity contribution in [3.8, 4) is 0 Å². The van der Waals surface area contributed by atoms with Crippen LogP contribution < -0.4 is 10.4 Å². The van der Waals surface area contributed by atoms with Crippen molar-refractivity contribution in [1.29, 1.82) is 0 Å². The predicted octanol–water partition coefficient (Wildman–Crippen LogP) is 5.30. The summed E-state index contributed by atoms with van der Waals surface area (Å²) in [6.45, 7) is 0. The van der Waals surface area contributed by atoms with Gasteiger partial charge in [0.2, 0.25) is 0 Å². The summed E-state index contributed by atoms with van der Waals surface area (Å²) in [6.07, 6.45) is 11.5. The van der Waals surface area contributed by atoms with Crippen LogP contribution in [0.2, 0.25) is 5.54 Å². The van der Waals surface area contributed by atoms with Crippen molar-refractivity contribution in [2.45, 2.75) is 12.0 Å². The average molecular weight is 381 g/mol. The van der Waals surface area contributed by atoms with Gasteiger partial charge in [-0.3, -0.25) is 0 Å². The van der Waals surface area contributed by atoms with Crippen molar-refractivity contribution < 1.29 is 0 Å². The summed E-state index contributed by atoms with van der Waals surface area (Å²) in [5.74, 6) is 0. The van der Waals surface area contributed by atoms with Crippen LogP contribution in [-0.2, 0) is 0 Å². The molecule has 2 aliphatic carbocycles. The quantitative estimate of drug-likeness (QED) is 0.630. The molecule has 0 spiro atoms. The molecule has 4 rings (SSSR count). The van der Waals surface area contributed by atoms with Crippen molar-refractivity contribution >= 4 is 41.6 Å². The van der Waals surface area contributed by atoms with E-state index in [1.165, 1.54) is 15.6 Å². The first-order chi connectivity index (χ1) is 12.2. The molecular formula is C22H18Cl2Si. The number of hydrogen-bond donors (Lipinski definition) is 0. The van der Waals surface area contributed by atoms with Crippen molar-refractivity contribution in [2.24, 2.45) is 0 Å². The van der Waals surface area contributed by atoms with Gasteiger partial charge < -0.3 is 0 Å². The standard InChI is InChI=1S/C22H18Cl2Si/c23-19-13-7-15-21(19)25(17-9-3-1-4-10-17,18-11-5-2-6-12-18)22-16-8-14-20(22)24/h1-13,15-16,21H,14H2. The second-order valence-corrected chi connectivity index (χ2v) is 11.2. The molecule has 2 aromatic carbocycles. The van der Waals surface area contributed by atoms with E-state index in [-0.39, 0.29) is 5.54 Å². The maximum atomic E-state index is 6.75. The Kier molecular flexibility index (Phi) is 4.55. The third kappa shape index (κ3) is 2.67. The Morgan fingerprint density at radius 3 is 1.88 bits per heavy atom. The number of rotatable bonds is 4. The van der Waals surface area contributed by atoms with Gasteiger partial charge in [0, 0.05) is 22.0 Å². The Labute approximate surface area is 159 Å². The van der Waals surface area contributed by atoms with Crippen molar-refractivity contribution in [2.75, 3.05) is 0 Å². The van der Waals surface area contributed by atoms with Crippen LogP contribution >= 0.6 is 23.2 Å². The van der Waals surface area contributed by atoms with Gasteiger partial charge in [0.1, 0.15) is 0 Å². The molecule has 3 heteroatoms. The van der Waals surface area contributed by atoms with Crippen LogP contribution in [0.15, 0.2) is 106 Å². The van der Waals surface area contributed by atoms with E-state index in [1.807, 2.05) is 6.08 Å². The molecule has 0 bridgehead atoms. The first-order valence-corrected chi connectivity index (χ1v) is 11.3. The van der Waals surface area contributed by atoms with Crippen molar-refractivity contribution in [1.82, 2.24) is 0 Å². The molecule has 0 heterocycles. The second kappa shape index (κ2) is 6.84. The molecule has 0 radical (unpaired) electrons. The predicted molar refractivity (Wildman–Crippen MR) is 111 cm³/mol. The lowest BCUT2D eigenvalue weighted by Crippen LogP contribution is -2.62. The Balaban J connectivity index is 2.09. The first kappa shape index (κ1) is 16.7. The molecule has 2 aromatic rings. The average Bonchev–Trinajstić information content (AvgIpc) is 3.28. The molecule has 124 valence electrons. The minimum atomic E-state index is -2.43. The fraction of sp³-hybridized carbons (Fsp3) is 0.0909. The summed E-state index contributed by atoms with van der Waals surface area (Å²) in [7, 11) is -2.43. The molecule has 0 N–H and O–H groups in total. The third-order valence-electron chi connectivity index (χ3n) is 5.08. The SMILES string of the molecule is ClC1=CC=CC1[Si](C1=C(Cl)CC=C1)(c1ccccc1)c1ccccc1. The maximum absolute atomic E-state index is 6.75. The van der Waals surface area contributed by atoms with Crippen molar-refractivity contribution in [3.63, 3.8) is 0 Å². The molecule has 0 saturated heterocycles. The lowest BCUT2D eigenvalue weighted by Gasteiger charge is -2.39. The summed E-state index contributed by atoms with van der Waals surface area (Å²) >= 11 is 13.5. The van der Waals surface area contributed by atoms with Crippen LogP contribution in [0.5, 0.6) is 0 Å². The van der Waals surface area contributed by atoms with Gasteiger partial charge in [0.25, 0.3) is 0 Å². The Morgan fingerprint density at radius 1 is 0.840 bits per heavy atom. The van der Waals surface area contributed by atoms with Gasteiger partial charge >= 0.3 is 0 Å². The van der Waals surface area contributed by atoms with E-state index in [4.69, 9.17) is 23.2 Å². The molecule has 0 nitrogen and oxygen atoms in total. The van der Waals surface area contributed by atoms with Gasteiger partial charge in [-0.05, 0) is 21.6 Å². The van der Waals surface area contributed by atoms with Gasteiger partial charge in [-0.25, -0.2) is 0 Å². The topological polar surface area (TPSA) is 0 Å². The summed E-state index contributed by atoms with van der Waals surface area (Å²) in [5.41, 5.74) is 0.158. The minimum Gasteiger partial charge on any atom is -0.0889 e. The van der Waals surface area contributed by atoms with E-state index in [2.05, 4.69) is 85.0 Å². The zero-order valence-electron chi connectivity index (χ0n) is 13.7. The lowest BCUT2D eigenvalue weighted by atomic mass is 10.3. The van der Waals surface area contributed by atoms with Gasteiger partial charge in [-0.15, -0.1) is 0 Å². The van der Waals surface area contributed by atoms with E-state index in [0.717, 1.165) is 16.5 Å². The molecule has 25 heavy (non-hydrogen) atoms. The van der Waals surface area contributed by atoms with Crippen LogP contribution in [0.4, 0.5) is 0 Å². The van der Waals surface area contributed by atoms with Crippen molar-refractivity contribution in [3.05, 3.63) is 106 Å². The van der Waals surface area contributed by atoms with Gasteiger partial charge in [0.15, 0.2) is 8.07 Å². The summed E-state index contributed by atoms with van der Waals surface area (Å²) in [5, 5.41) is 5.79. The largest absolute Gasteiger partial charge is 0.161 e. The molecular weight excluding hydrogens is 363 g/mol. The molecule has 0 amide bonds. The summed E-state index contributed by atoms with van der Waals surface area (Å²) in [4.78, 5) is 0. The Bertz CT molecular complexity index is 853. The van der Waals surface area contributed by atoms with Crippen LogP contribution in [0.1, 0.15) is 6.42 Å². The zero-order chi connectivity index (χ0) is 17.3. The fourth-order valence-electron chi connectivity index (χ4n) is 4.04. The highest BCUT2D eigenvalue weighted by Gasteiger charge is 2.49.